The number of piperazine rings is 1. The van der Waals surface area contributed by atoms with Gasteiger partial charge in [-0.2, -0.15) is 0 Å². The second kappa shape index (κ2) is 8.44. The predicted molar refractivity (Wildman–Crippen MR) is 101 cm³/mol. The van der Waals surface area contributed by atoms with Crippen molar-refractivity contribution in [3.05, 3.63) is 72.3 Å². The molecule has 2 heterocycles. The summed E-state index contributed by atoms with van der Waals surface area (Å²) in [5.74, 6) is -0.779. The highest BCUT2D eigenvalue weighted by molar-refractivity contribution is 5.98. The monoisotopic (exact) mass is 368 g/mol. The Morgan fingerprint density at radius 1 is 1.19 bits per heavy atom. The van der Waals surface area contributed by atoms with Gasteiger partial charge >= 0.3 is 0 Å². The van der Waals surface area contributed by atoms with Crippen LogP contribution in [0.5, 0.6) is 0 Å². The van der Waals surface area contributed by atoms with Gasteiger partial charge in [-0.15, -0.1) is 6.58 Å². The van der Waals surface area contributed by atoms with E-state index in [-0.39, 0.29) is 23.3 Å². The topological polar surface area (TPSA) is 65.5 Å². The molecule has 2 aromatic rings. The first-order chi connectivity index (χ1) is 13.1. The van der Waals surface area contributed by atoms with Gasteiger partial charge in [-0.25, -0.2) is 4.39 Å². The lowest BCUT2D eigenvalue weighted by Crippen LogP contribution is -2.49. The summed E-state index contributed by atoms with van der Waals surface area (Å²) < 4.78 is 13.9. The van der Waals surface area contributed by atoms with Gasteiger partial charge in [0.2, 0.25) is 0 Å². The Kier molecular flexibility index (Phi) is 5.80. The molecule has 0 radical (unpaired) electrons. The van der Waals surface area contributed by atoms with E-state index in [2.05, 4.69) is 16.9 Å². The van der Waals surface area contributed by atoms with E-state index < -0.39 is 0 Å². The van der Waals surface area contributed by atoms with E-state index in [1.54, 1.807) is 35.2 Å². The van der Waals surface area contributed by atoms with Gasteiger partial charge in [0.1, 0.15) is 11.5 Å². The summed E-state index contributed by atoms with van der Waals surface area (Å²) in [6.45, 7) is 5.92. The number of halogens is 1. The van der Waals surface area contributed by atoms with Gasteiger partial charge in [-0.3, -0.25) is 14.6 Å². The lowest BCUT2D eigenvalue weighted by Gasteiger charge is -2.36. The molecule has 0 atom stereocenters. The van der Waals surface area contributed by atoms with Crippen LogP contribution in [0.1, 0.15) is 20.8 Å². The zero-order valence-corrected chi connectivity index (χ0v) is 14.9. The van der Waals surface area contributed by atoms with Crippen molar-refractivity contribution in [2.75, 3.05) is 37.6 Å². The maximum atomic E-state index is 13.9. The number of rotatable bonds is 5. The molecule has 1 saturated heterocycles. The second-order valence-electron chi connectivity index (χ2n) is 6.16. The van der Waals surface area contributed by atoms with E-state index in [1.165, 1.54) is 18.3 Å². The molecule has 0 unspecified atom stereocenters. The molecule has 0 spiro atoms. The van der Waals surface area contributed by atoms with Crippen molar-refractivity contribution in [2.24, 2.45) is 0 Å². The molecule has 1 aliphatic heterocycles. The summed E-state index contributed by atoms with van der Waals surface area (Å²) in [5.41, 5.74) is 1.15. The summed E-state index contributed by atoms with van der Waals surface area (Å²) in [6, 6.07) is 9.71. The minimum atomic E-state index is -0.353. The molecule has 1 aromatic carbocycles. The first-order valence-electron chi connectivity index (χ1n) is 8.74. The normalized spacial score (nSPS) is 14.0. The predicted octanol–water partition coefficient (Wildman–Crippen LogP) is 2.10. The number of carbonyl (C=O) groups excluding carboxylic acids is 2. The van der Waals surface area contributed by atoms with Gasteiger partial charge in [-0.05, 0) is 24.3 Å². The van der Waals surface area contributed by atoms with Crippen LogP contribution < -0.4 is 10.2 Å². The Balaban J connectivity index is 1.65. The highest BCUT2D eigenvalue weighted by atomic mass is 19.1. The van der Waals surface area contributed by atoms with Gasteiger partial charge in [0.15, 0.2) is 0 Å². The Labute approximate surface area is 157 Å². The van der Waals surface area contributed by atoms with Crippen molar-refractivity contribution < 1.29 is 14.0 Å². The van der Waals surface area contributed by atoms with Gasteiger partial charge in [0, 0.05) is 44.5 Å². The summed E-state index contributed by atoms with van der Waals surface area (Å²) in [4.78, 5) is 32.4. The molecule has 1 fully saturated rings. The second-order valence-corrected chi connectivity index (χ2v) is 6.16. The van der Waals surface area contributed by atoms with Crippen LogP contribution in [-0.4, -0.2) is 54.4 Å². The molecule has 27 heavy (non-hydrogen) atoms. The van der Waals surface area contributed by atoms with Gasteiger partial charge in [0.05, 0.1) is 5.69 Å². The molecule has 7 heteroatoms. The van der Waals surface area contributed by atoms with Crippen LogP contribution in [0.3, 0.4) is 0 Å². The average Bonchev–Trinajstić information content (AvgIpc) is 2.72. The molecule has 0 aliphatic carbocycles. The molecular formula is C20H21FN4O2. The molecular weight excluding hydrogens is 347 g/mol. The zero-order chi connectivity index (χ0) is 19.2. The number of pyridine rings is 1. The number of aromatic nitrogens is 1. The van der Waals surface area contributed by atoms with Gasteiger partial charge in [0.25, 0.3) is 11.8 Å². The zero-order valence-electron chi connectivity index (χ0n) is 14.9. The van der Waals surface area contributed by atoms with E-state index in [4.69, 9.17) is 0 Å². The summed E-state index contributed by atoms with van der Waals surface area (Å²) in [5, 5.41) is 2.64. The van der Waals surface area contributed by atoms with Gasteiger partial charge < -0.3 is 15.1 Å². The lowest BCUT2D eigenvalue weighted by molar-refractivity contribution is 0.0746. The van der Waals surface area contributed by atoms with E-state index in [1.807, 2.05) is 4.90 Å². The number of para-hydroxylation sites is 1. The Hall–Kier alpha value is -3.22. The third-order valence-electron chi connectivity index (χ3n) is 4.41. The first-order valence-corrected chi connectivity index (χ1v) is 8.74. The number of nitrogens with zero attached hydrogens (tertiary/aromatic N) is 3. The standard InChI is InChI=1S/C20H21FN4O2/c1-2-8-23-19(26)17-14-15(7-9-22-17)20(27)25-12-10-24(11-13-25)18-6-4-3-5-16(18)21/h2-7,9,14H,1,8,10-13H2,(H,23,26). The van der Waals surface area contributed by atoms with Crippen LogP contribution in [0.25, 0.3) is 0 Å². The third kappa shape index (κ3) is 4.31. The van der Waals surface area contributed by atoms with Crippen LogP contribution in [0, 0.1) is 5.82 Å². The minimum absolute atomic E-state index is 0.164. The fourth-order valence-electron chi connectivity index (χ4n) is 2.98. The van der Waals surface area contributed by atoms with Crippen LogP contribution in [0.15, 0.2) is 55.3 Å². The highest BCUT2D eigenvalue weighted by Gasteiger charge is 2.24. The molecule has 1 N–H and O–H groups in total. The quantitative estimate of drug-likeness (QED) is 0.821. The fourth-order valence-corrected chi connectivity index (χ4v) is 2.98. The number of anilines is 1. The molecule has 6 nitrogen and oxygen atoms in total. The van der Waals surface area contributed by atoms with Crippen LogP contribution >= 0.6 is 0 Å². The summed E-state index contributed by atoms with van der Waals surface area (Å²) in [7, 11) is 0. The molecule has 3 rings (SSSR count). The largest absolute Gasteiger partial charge is 0.366 e. The number of nitrogens with one attached hydrogen (secondary N) is 1. The number of amides is 2. The smallest absolute Gasteiger partial charge is 0.270 e. The van der Waals surface area contributed by atoms with Crippen LogP contribution in [0.2, 0.25) is 0 Å². The molecule has 140 valence electrons. The molecule has 1 aliphatic rings. The van der Waals surface area contributed by atoms with Crippen molar-refractivity contribution in [3.63, 3.8) is 0 Å². The van der Waals surface area contributed by atoms with Crippen molar-refractivity contribution >= 4 is 17.5 Å². The van der Waals surface area contributed by atoms with Gasteiger partial charge in [-0.1, -0.05) is 18.2 Å². The number of benzene rings is 1. The Bertz CT molecular complexity index is 847. The number of hydrogen-bond acceptors (Lipinski definition) is 4. The maximum Gasteiger partial charge on any atom is 0.270 e. The van der Waals surface area contributed by atoms with E-state index in [0.29, 0.717) is 44.0 Å². The van der Waals surface area contributed by atoms with Crippen molar-refractivity contribution in [2.45, 2.75) is 0 Å². The number of hydrogen-bond donors (Lipinski definition) is 1. The minimum Gasteiger partial charge on any atom is -0.366 e. The SMILES string of the molecule is C=CCNC(=O)c1cc(C(=O)N2CCN(c3ccccc3F)CC2)ccn1. The average molecular weight is 368 g/mol. The van der Waals surface area contributed by atoms with Crippen LogP contribution in [-0.2, 0) is 0 Å². The van der Waals surface area contributed by atoms with Crippen molar-refractivity contribution in [3.8, 4) is 0 Å². The summed E-state index contributed by atoms with van der Waals surface area (Å²) >= 11 is 0. The van der Waals surface area contributed by atoms with Crippen molar-refractivity contribution in [1.82, 2.24) is 15.2 Å². The molecule has 1 aromatic heterocycles. The highest BCUT2D eigenvalue weighted by Crippen LogP contribution is 2.20. The Morgan fingerprint density at radius 2 is 1.93 bits per heavy atom. The molecule has 0 bridgehead atoms. The van der Waals surface area contributed by atoms with E-state index in [0.717, 1.165) is 0 Å². The van der Waals surface area contributed by atoms with Crippen molar-refractivity contribution in [1.29, 1.82) is 0 Å². The van der Waals surface area contributed by atoms with Crippen LogP contribution in [0.4, 0.5) is 10.1 Å². The number of carbonyl (C=O) groups is 2. The lowest BCUT2D eigenvalue weighted by atomic mass is 10.1. The third-order valence-corrected chi connectivity index (χ3v) is 4.41. The molecule has 0 saturated carbocycles. The fraction of sp³-hybridized carbons (Fsp3) is 0.250. The maximum absolute atomic E-state index is 13.9. The van der Waals surface area contributed by atoms with E-state index >= 15 is 0 Å². The van der Waals surface area contributed by atoms with E-state index in [9.17, 15) is 14.0 Å². The summed E-state index contributed by atoms with van der Waals surface area (Å²) in [6.07, 6.45) is 3.02. The first kappa shape index (κ1) is 18.6. The Morgan fingerprint density at radius 3 is 2.63 bits per heavy atom. The molecule has 2 amide bonds.